The fraction of sp³-hybridized carbons (Fsp3) is 0.0714. The van der Waals surface area contributed by atoms with Gasteiger partial charge in [0.25, 0.3) is 0 Å². The molecular weight excluding hydrogens is 232 g/mol. The minimum atomic E-state index is 0.762. The van der Waals surface area contributed by atoms with Crippen molar-refractivity contribution in [3.8, 4) is 0 Å². The lowest BCUT2D eigenvalue weighted by atomic mass is 10.2. The van der Waals surface area contributed by atoms with Gasteiger partial charge in [0, 0.05) is 22.9 Å². The molecule has 0 aliphatic heterocycles. The Kier molecular flexibility index (Phi) is 2.57. The molecule has 3 heteroatoms. The summed E-state index contributed by atoms with van der Waals surface area (Å²) in [5.41, 5.74) is 2.19. The first-order valence-corrected chi connectivity index (χ1v) is 5.85. The highest BCUT2D eigenvalue weighted by atomic mass is 35.5. The van der Waals surface area contributed by atoms with Crippen LogP contribution in [0.3, 0.4) is 0 Å². The van der Waals surface area contributed by atoms with E-state index in [0.29, 0.717) is 0 Å². The Labute approximate surface area is 104 Å². The van der Waals surface area contributed by atoms with Gasteiger partial charge in [0.1, 0.15) is 0 Å². The van der Waals surface area contributed by atoms with Gasteiger partial charge >= 0.3 is 0 Å². The summed E-state index contributed by atoms with van der Waals surface area (Å²) in [5, 5.41) is 1.96. The first-order valence-electron chi connectivity index (χ1n) is 5.47. The van der Waals surface area contributed by atoms with Crippen molar-refractivity contribution in [1.82, 2.24) is 9.55 Å². The molecule has 0 fully saturated rings. The molecule has 0 amide bonds. The van der Waals surface area contributed by atoms with Crippen LogP contribution in [0.5, 0.6) is 0 Å². The Morgan fingerprint density at radius 3 is 2.88 bits per heavy atom. The molecule has 2 heterocycles. The van der Waals surface area contributed by atoms with Gasteiger partial charge in [-0.1, -0.05) is 23.7 Å². The van der Waals surface area contributed by atoms with Gasteiger partial charge in [-0.25, -0.2) is 0 Å². The molecule has 0 aliphatic rings. The predicted molar refractivity (Wildman–Crippen MR) is 70.3 cm³/mol. The third-order valence-electron chi connectivity index (χ3n) is 2.79. The fourth-order valence-corrected chi connectivity index (χ4v) is 2.13. The molecule has 0 spiro atoms. The van der Waals surface area contributed by atoms with Crippen molar-refractivity contribution >= 4 is 22.5 Å². The van der Waals surface area contributed by atoms with E-state index in [1.165, 1.54) is 5.39 Å². The zero-order chi connectivity index (χ0) is 11.7. The maximum Gasteiger partial charge on any atom is 0.0648 e. The summed E-state index contributed by atoms with van der Waals surface area (Å²) < 4.78 is 2.16. The maximum absolute atomic E-state index is 6.02. The van der Waals surface area contributed by atoms with Crippen LogP contribution in [-0.2, 0) is 6.54 Å². The van der Waals surface area contributed by atoms with Gasteiger partial charge in [0.2, 0.25) is 0 Å². The lowest BCUT2D eigenvalue weighted by Gasteiger charge is -2.04. The average Bonchev–Trinajstić information content (AvgIpc) is 2.73. The second-order valence-corrected chi connectivity index (χ2v) is 4.40. The zero-order valence-electron chi connectivity index (χ0n) is 9.18. The molecule has 0 saturated heterocycles. The van der Waals surface area contributed by atoms with Crippen molar-refractivity contribution in [2.45, 2.75) is 6.54 Å². The number of benzene rings is 1. The van der Waals surface area contributed by atoms with Crippen molar-refractivity contribution < 1.29 is 0 Å². The van der Waals surface area contributed by atoms with Crippen molar-refractivity contribution in [2.75, 3.05) is 0 Å². The predicted octanol–water partition coefficient (Wildman–Crippen LogP) is 3.74. The third-order valence-corrected chi connectivity index (χ3v) is 3.03. The minimum absolute atomic E-state index is 0.762. The molecule has 17 heavy (non-hydrogen) atoms. The molecule has 3 rings (SSSR count). The molecule has 3 aromatic rings. The topological polar surface area (TPSA) is 17.8 Å². The van der Waals surface area contributed by atoms with E-state index < -0.39 is 0 Å². The van der Waals surface area contributed by atoms with E-state index in [1.807, 2.05) is 42.6 Å². The van der Waals surface area contributed by atoms with Crippen LogP contribution in [0, 0.1) is 0 Å². The van der Waals surface area contributed by atoms with Crippen LogP contribution in [0.25, 0.3) is 10.9 Å². The smallest absolute Gasteiger partial charge is 0.0648 e. The van der Waals surface area contributed by atoms with E-state index in [-0.39, 0.29) is 0 Å². The maximum atomic E-state index is 6.02. The van der Waals surface area contributed by atoms with Gasteiger partial charge in [0.05, 0.1) is 12.2 Å². The molecule has 0 radical (unpaired) electrons. The molecule has 2 nitrogen and oxygen atoms in total. The van der Waals surface area contributed by atoms with Crippen molar-refractivity contribution in [3.63, 3.8) is 0 Å². The van der Waals surface area contributed by atoms with E-state index in [1.54, 1.807) is 0 Å². The summed E-state index contributed by atoms with van der Waals surface area (Å²) in [4.78, 5) is 4.33. The van der Waals surface area contributed by atoms with E-state index in [0.717, 1.165) is 22.8 Å². The summed E-state index contributed by atoms with van der Waals surface area (Å²) >= 11 is 6.02. The molecule has 1 aromatic carbocycles. The van der Waals surface area contributed by atoms with Gasteiger partial charge < -0.3 is 4.57 Å². The van der Waals surface area contributed by atoms with Crippen molar-refractivity contribution in [1.29, 1.82) is 0 Å². The molecule has 0 N–H and O–H groups in total. The lowest BCUT2D eigenvalue weighted by Crippen LogP contribution is -1.99. The van der Waals surface area contributed by atoms with Gasteiger partial charge in [-0.3, -0.25) is 4.98 Å². The second kappa shape index (κ2) is 4.22. The average molecular weight is 243 g/mol. The number of halogens is 1. The summed E-state index contributed by atoms with van der Waals surface area (Å²) in [7, 11) is 0. The van der Waals surface area contributed by atoms with E-state index in [4.69, 9.17) is 11.6 Å². The van der Waals surface area contributed by atoms with Gasteiger partial charge in [0.15, 0.2) is 0 Å². The van der Waals surface area contributed by atoms with Crippen molar-refractivity contribution in [3.05, 3.63) is 65.6 Å². The summed E-state index contributed by atoms with van der Waals surface area (Å²) in [5.74, 6) is 0. The molecule has 0 saturated carbocycles. The van der Waals surface area contributed by atoms with Crippen LogP contribution in [0.15, 0.2) is 54.9 Å². The largest absolute Gasteiger partial charge is 0.341 e. The number of rotatable bonds is 2. The number of fused-ring (bicyclic) bond motifs is 1. The molecule has 2 aromatic heterocycles. The number of nitrogens with zero attached hydrogens (tertiary/aromatic N) is 2. The van der Waals surface area contributed by atoms with Crippen LogP contribution in [0.2, 0.25) is 5.02 Å². The monoisotopic (exact) mass is 242 g/mol. The summed E-state index contributed by atoms with van der Waals surface area (Å²) in [6.45, 7) is 0.769. The minimum Gasteiger partial charge on any atom is -0.341 e. The molecular formula is C14H11ClN2. The van der Waals surface area contributed by atoms with Gasteiger partial charge in [-0.05, 0) is 35.7 Å². The Morgan fingerprint density at radius 1 is 1.12 bits per heavy atom. The highest BCUT2D eigenvalue weighted by Crippen LogP contribution is 2.21. The van der Waals surface area contributed by atoms with Crippen LogP contribution in [0.4, 0.5) is 0 Å². The summed E-state index contributed by atoms with van der Waals surface area (Å²) in [6, 6.07) is 14.0. The molecule has 84 valence electrons. The fourth-order valence-electron chi connectivity index (χ4n) is 1.96. The molecule has 0 atom stereocenters. The molecule has 0 aliphatic carbocycles. The summed E-state index contributed by atoms with van der Waals surface area (Å²) in [6.07, 6.45) is 3.88. The van der Waals surface area contributed by atoms with Crippen LogP contribution >= 0.6 is 11.6 Å². The molecule has 0 bridgehead atoms. The first-order chi connectivity index (χ1) is 8.33. The number of aromatic nitrogens is 2. The lowest BCUT2D eigenvalue weighted by molar-refractivity contribution is 0.807. The Hall–Kier alpha value is -1.80. The number of hydrogen-bond donors (Lipinski definition) is 0. The standard InChI is InChI=1S/C14H11ClN2/c15-12-5-4-11-6-8-17(14(11)9-12)10-13-3-1-2-7-16-13/h1-9H,10H2. The van der Waals surface area contributed by atoms with Crippen LogP contribution in [0.1, 0.15) is 5.69 Å². The van der Waals surface area contributed by atoms with Crippen LogP contribution in [-0.4, -0.2) is 9.55 Å². The highest BCUT2D eigenvalue weighted by molar-refractivity contribution is 6.31. The van der Waals surface area contributed by atoms with Crippen molar-refractivity contribution in [2.24, 2.45) is 0 Å². The quantitative estimate of drug-likeness (QED) is 0.669. The zero-order valence-corrected chi connectivity index (χ0v) is 9.93. The Balaban J connectivity index is 2.03. The van der Waals surface area contributed by atoms with E-state index in [9.17, 15) is 0 Å². The van der Waals surface area contributed by atoms with E-state index >= 15 is 0 Å². The van der Waals surface area contributed by atoms with E-state index in [2.05, 4.69) is 21.8 Å². The molecule has 0 unspecified atom stereocenters. The first kappa shape index (κ1) is 10.4. The Bertz CT molecular complexity index is 644. The normalized spacial score (nSPS) is 10.9. The Morgan fingerprint density at radius 2 is 2.06 bits per heavy atom. The van der Waals surface area contributed by atoms with Gasteiger partial charge in [-0.15, -0.1) is 0 Å². The van der Waals surface area contributed by atoms with Gasteiger partial charge in [-0.2, -0.15) is 0 Å². The second-order valence-electron chi connectivity index (χ2n) is 3.97. The SMILES string of the molecule is Clc1ccc2ccn(Cc3ccccn3)c2c1. The number of pyridine rings is 1. The third kappa shape index (κ3) is 2.04. The highest BCUT2D eigenvalue weighted by Gasteiger charge is 2.02. The number of hydrogen-bond acceptors (Lipinski definition) is 1. The van der Waals surface area contributed by atoms with Crippen LogP contribution < -0.4 is 0 Å².